The van der Waals surface area contributed by atoms with Gasteiger partial charge in [0.25, 0.3) is 0 Å². The van der Waals surface area contributed by atoms with E-state index < -0.39 is 7.12 Å². The predicted molar refractivity (Wildman–Crippen MR) is 141 cm³/mol. The largest absolute Gasteiger partial charge is 0.561 e. The molecule has 0 bridgehead atoms. The van der Waals surface area contributed by atoms with Gasteiger partial charge in [0.05, 0.1) is 11.4 Å². The van der Waals surface area contributed by atoms with Crippen LogP contribution in [-0.2, 0) is 0 Å². The molecule has 0 saturated heterocycles. The lowest BCUT2D eigenvalue weighted by molar-refractivity contribution is 0.423. The molecule has 0 saturated carbocycles. The Hall–Kier alpha value is -3.71. The van der Waals surface area contributed by atoms with E-state index in [-0.39, 0.29) is 5.88 Å². The van der Waals surface area contributed by atoms with E-state index in [0.717, 1.165) is 22.4 Å². The Bertz CT molecular complexity index is 1450. The number of pyridine rings is 1. The molecule has 0 spiro atoms. The minimum absolute atomic E-state index is 0.262. The van der Waals surface area contributed by atoms with Crippen molar-refractivity contribution in [3.63, 3.8) is 0 Å². The average molecular weight is 498 g/mol. The molecule has 0 atom stereocenters. The van der Waals surface area contributed by atoms with Crippen molar-refractivity contribution in [3.8, 4) is 39.8 Å². The summed E-state index contributed by atoms with van der Waals surface area (Å²) in [6.07, 6.45) is 1.62. The molecule has 0 radical (unpaired) electrons. The second-order valence-electron chi connectivity index (χ2n) is 7.74. The number of nitrogens with zero attached hydrogens (tertiary/aromatic N) is 3. The highest BCUT2D eigenvalue weighted by molar-refractivity contribution is 6.60. The maximum Gasteiger partial charge on any atom is 0.561 e. The summed E-state index contributed by atoms with van der Waals surface area (Å²) in [6.45, 7) is 0. The van der Waals surface area contributed by atoms with Crippen LogP contribution in [0.25, 0.3) is 33.9 Å². The number of halogens is 2. The molecule has 35 heavy (non-hydrogen) atoms. The summed E-state index contributed by atoms with van der Waals surface area (Å²) < 4.78 is 5.69. The predicted octanol–water partition coefficient (Wildman–Crippen LogP) is 5.95. The molecule has 2 aromatic heterocycles. The molecule has 0 amide bonds. The van der Waals surface area contributed by atoms with Gasteiger partial charge in [0.2, 0.25) is 0 Å². The third-order valence-electron chi connectivity index (χ3n) is 5.32. The van der Waals surface area contributed by atoms with E-state index in [1.54, 1.807) is 36.5 Å². The van der Waals surface area contributed by atoms with Crippen molar-refractivity contribution < 1.29 is 9.68 Å². The molecule has 2 heterocycles. The first-order chi connectivity index (χ1) is 17.0. The zero-order chi connectivity index (χ0) is 24.2. The van der Waals surface area contributed by atoms with E-state index >= 15 is 0 Å². The van der Waals surface area contributed by atoms with E-state index in [9.17, 15) is 5.02 Å². The molecule has 0 aliphatic carbocycles. The highest BCUT2D eigenvalue weighted by Gasteiger charge is 2.20. The van der Waals surface area contributed by atoms with Crippen molar-refractivity contribution in [1.29, 1.82) is 0 Å². The van der Waals surface area contributed by atoms with Crippen LogP contribution >= 0.6 is 23.2 Å². The van der Waals surface area contributed by atoms with Gasteiger partial charge in [-0.05, 0) is 54.0 Å². The minimum atomic E-state index is -1.19. The van der Waals surface area contributed by atoms with E-state index in [4.69, 9.17) is 37.8 Å². The molecule has 0 aliphatic rings. The average Bonchev–Trinajstić information content (AvgIpc) is 2.90. The topological polar surface area (TPSA) is 68.1 Å². The van der Waals surface area contributed by atoms with Gasteiger partial charge in [-0.1, -0.05) is 65.7 Å². The van der Waals surface area contributed by atoms with E-state index in [1.807, 2.05) is 66.7 Å². The summed E-state index contributed by atoms with van der Waals surface area (Å²) in [5.41, 5.74) is 4.62. The van der Waals surface area contributed by atoms with Crippen LogP contribution in [0.15, 0.2) is 103 Å². The van der Waals surface area contributed by atoms with Gasteiger partial charge in [0.15, 0.2) is 11.7 Å². The normalized spacial score (nSPS) is 10.7. The van der Waals surface area contributed by atoms with Gasteiger partial charge in [-0.3, -0.25) is 0 Å². The zero-order valence-corrected chi connectivity index (χ0v) is 19.9. The molecular formula is C27H18BCl2N3O2. The fourth-order valence-corrected chi connectivity index (χ4v) is 3.77. The van der Waals surface area contributed by atoms with Gasteiger partial charge in [-0.25, -0.2) is 15.0 Å². The van der Waals surface area contributed by atoms with Crippen LogP contribution < -0.4 is 10.1 Å². The van der Waals surface area contributed by atoms with Gasteiger partial charge in [0.1, 0.15) is 0 Å². The Morgan fingerprint density at radius 3 is 1.97 bits per heavy atom. The number of benzene rings is 3. The molecule has 8 heteroatoms. The smallest absolute Gasteiger partial charge is 0.518 e. The second-order valence-corrected chi connectivity index (χ2v) is 8.61. The van der Waals surface area contributed by atoms with E-state index in [0.29, 0.717) is 27.0 Å². The standard InChI is InChI=1S/C27H18BCl2N3O2/c29-22-10-6-19(7-11-22)27-32-24(18-4-2-1-3-5-18)17-25(33-27)20-14-15-31-26(16-20)35-28(34)21-8-12-23(30)13-9-21/h1-17,34H. The number of hydrogen-bond acceptors (Lipinski definition) is 5. The third kappa shape index (κ3) is 5.52. The van der Waals surface area contributed by atoms with Crippen molar-refractivity contribution in [3.05, 3.63) is 113 Å². The molecule has 3 aromatic carbocycles. The minimum Gasteiger partial charge on any atom is -0.518 e. The first kappa shape index (κ1) is 23.1. The van der Waals surface area contributed by atoms with Gasteiger partial charge < -0.3 is 9.68 Å². The number of hydrogen-bond donors (Lipinski definition) is 1. The van der Waals surface area contributed by atoms with Crippen molar-refractivity contribution in [2.45, 2.75) is 0 Å². The molecule has 1 N–H and O–H groups in total. The molecule has 0 aliphatic heterocycles. The van der Waals surface area contributed by atoms with Crippen molar-refractivity contribution in [2.75, 3.05) is 0 Å². The van der Waals surface area contributed by atoms with Gasteiger partial charge in [0, 0.05) is 39.0 Å². The molecule has 0 unspecified atom stereocenters. The lowest BCUT2D eigenvalue weighted by Crippen LogP contribution is -2.36. The van der Waals surface area contributed by atoms with Gasteiger partial charge in [-0.2, -0.15) is 0 Å². The monoisotopic (exact) mass is 497 g/mol. The van der Waals surface area contributed by atoms with Gasteiger partial charge >= 0.3 is 7.12 Å². The Kier molecular flexibility index (Phi) is 6.77. The van der Waals surface area contributed by atoms with Crippen LogP contribution in [-0.4, -0.2) is 27.1 Å². The van der Waals surface area contributed by atoms with Crippen LogP contribution in [0, 0.1) is 0 Å². The fraction of sp³-hybridized carbons (Fsp3) is 0. The maximum atomic E-state index is 10.5. The number of rotatable bonds is 6. The zero-order valence-electron chi connectivity index (χ0n) is 18.3. The Balaban J connectivity index is 1.52. The highest BCUT2D eigenvalue weighted by Crippen LogP contribution is 2.29. The van der Waals surface area contributed by atoms with Crippen LogP contribution in [0.5, 0.6) is 5.88 Å². The lowest BCUT2D eigenvalue weighted by Gasteiger charge is -2.12. The summed E-state index contributed by atoms with van der Waals surface area (Å²) in [7, 11) is -1.19. The lowest BCUT2D eigenvalue weighted by atomic mass is 9.80. The van der Waals surface area contributed by atoms with Crippen molar-refractivity contribution in [2.24, 2.45) is 0 Å². The highest BCUT2D eigenvalue weighted by atomic mass is 35.5. The fourth-order valence-electron chi connectivity index (χ4n) is 3.52. The molecule has 0 fully saturated rings. The molecule has 5 rings (SSSR count). The molecule has 5 nitrogen and oxygen atoms in total. The van der Waals surface area contributed by atoms with Crippen LogP contribution in [0.1, 0.15) is 0 Å². The van der Waals surface area contributed by atoms with Crippen LogP contribution in [0.2, 0.25) is 10.0 Å². The SMILES string of the molecule is OB(Oc1cc(-c2cc(-c3ccccc3)nc(-c3ccc(Cl)cc3)n2)ccn1)c1ccc(Cl)cc1. The second kappa shape index (κ2) is 10.3. The Morgan fingerprint density at radius 2 is 1.29 bits per heavy atom. The van der Waals surface area contributed by atoms with Crippen LogP contribution in [0.3, 0.4) is 0 Å². The quantitative estimate of drug-likeness (QED) is 0.294. The van der Waals surface area contributed by atoms with Crippen molar-refractivity contribution >= 4 is 35.8 Å². The van der Waals surface area contributed by atoms with Crippen LogP contribution in [0.4, 0.5) is 0 Å². The van der Waals surface area contributed by atoms with E-state index in [1.165, 1.54) is 0 Å². The Labute approximate surface area is 213 Å². The molecule has 170 valence electrons. The summed E-state index contributed by atoms with van der Waals surface area (Å²) in [5, 5.41) is 11.7. The van der Waals surface area contributed by atoms with Crippen molar-refractivity contribution in [1.82, 2.24) is 15.0 Å². The summed E-state index contributed by atoms with van der Waals surface area (Å²) >= 11 is 12.0. The maximum absolute atomic E-state index is 10.5. The Morgan fingerprint density at radius 1 is 0.657 bits per heavy atom. The van der Waals surface area contributed by atoms with E-state index in [2.05, 4.69) is 4.98 Å². The number of aromatic nitrogens is 3. The third-order valence-corrected chi connectivity index (χ3v) is 5.82. The molecular weight excluding hydrogens is 480 g/mol. The summed E-state index contributed by atoms with van der Waals surface area (Å²) in [6, 6.07) is 29.6. The first-order valence-corrected chi connectivity index (χ1v) is 11.6. The summed E-state index contributed by atoms with van der Waals surface area (Å²) in [5.74, 6) is 0.830. The van der Waals surface area contributed by atoms with Gasteiger partial charge in [-0.15, -0.1) is 0 Å². The summed E-state index contributed by atoms with van der Waals surface area (Å²) in [4.78, 5) is 13.8. The molecule has 5 aromatic rings. The first-order valence-electron chi connectivity index (χ1n) is 10.8.